The van der Waals surface area contributed by atoms with Crippen molar-refractivity contribution in [1.82, 2.24) is 4.90 Å². The summed E-state index contributed by atoms with van der Waals surface area (Å²) in [5.41, 5.74) is 1.25. The maximum atomic E-state index is 8.96. The van der Waals surface area contributed by atoms with E-state index in [1.54, 1.807) is 7.11 Å². The Morgan fingerprint density at radius 3 is 2.38 bits per heavy atom. The zero-order valence-corrected chi connectivity index (χ0v) is 10.1. The normalized spacial score (nSPS) is 10.8. The number of aliphatic hydroxyl groups excluding tert-OH is 1. The summed E-state index contributed by atoms with van der Waals surface area (Å²) in [5.74, 6) is 0.882. The predicted octanol–water partition coefficient (Wildman–Crippen LogP) is 1.90. The maximum absolute atomic E-state index is 8.96. The SMILES string of the molecule is CCCN(CCO)Cc1ccc(OC)cc1. The monoisotopic (exact) mass is 223 g/mol. The van der Waals surface area contributed by atoms with Gasteiger partial charge < -0.3 is 9.84 Å². The minimum Gasteiger partial charge on any atom is -0.497 e. The Hall–Kier alpha value is -1.06. The summed E-state index contributed by atoms with van der Waals surface area (Å²) >= 11 is 0. The third kappa shape index (κ3) is 4.21. The number of hydrogen-bond acceptors (Lipinski definition) is 3. The molecule has 0 aliphatic heterocycles. The van der Waals surface area contributed by atoms with E-state index in [0.717, 1.165) is 31.8 Å². The molecular formula is C13H21NO2. The summed E-state index contributed by atoms with van der Waals surface area (Å²) in [6, 6.07) is 8.08. The van der Waals surface area contributed by atoms with Gasteiger partial charge in [-0.2, -0.15) is 0 Å². The van der Waals surface area contributed by atoms with Gasteiger partial charge in [0.15, 0.2) is 0 Å². The molecule has 0 amide bonds. The number of hydrogen-bond donors (Lipinski definition) is 1. The van der Waals surface area contributed by atoms with Crippen molar-refractivity contribution in [3.63, 3.8) is 0 Å². The van der Waals surface area contributed by atoms with E-state index in [0.29, 0.717) is 0 Å². The Morgan fingerprint density at radius 1 is 1.19 bits per heavy atom. The van der Waals surface area contributed by atoms with Crippen LogP contribution in [0.4, 0.5) is 0 Å². The topological polar surface area (TPSA) is 32.7 Å². The van der Waals surface area contributed by atoms with Gasteiger partial charge >= 0.3 is 0 Å². The molecule has 0 radical (unpaired) electrons. The molecule has 90 valence electrons. The Labute approximate surface area is 97.7 Å². The second-order valence-electron chi connectivity index (χ2n) is 3.85. The summed E-state index contributed by atoms with van der Waals surface area (Å²) in [6.07, 6.45) is 1.11. The van der Waals surface area contributed by atoms with E-state index in [1.165, 1.54) is 5.56 Å². The molecule has 0 spiro atoms. The van der Waals surface area contributed by atoms with Crippen molar-refractivity contribution in [2.24, 2.45) is 0 Å². The predicted molar refractivity (Wildman–Crippen MR) is 65.6 cm³/mol. The van der Waals surface area contributed by atoms with Crippen LogP contribution in [0.3, 0.4) is 0 Å². The summed E-state index contributed by atoms with van der Waals surface area (Å²) in [5, 5.41) is 8.96. The zero-order chi connectivity index (χ0) is 11.8. The number of ether oxygens (including phenoxy) is 1. The van der Waals surface area contributed by atoms with Crippen molar-refractivity contribution in [3.05, 3.63) is 29.8 Å². The highest BCUT2D eigenvalue weighted by Gasteiger charge is 2.04. The third-order valence-corrected chi connectivity index (χ3v) is 2.52. The average molecular weight is 223 g/mol. The van der Waals surface area contributed by atoms with Crippen LogP contribution in [0.25, 0.3) is 0 Å². The highest BCUT2D eigenvalue weighted by molar-refractivity contribution is 5.27. The fraction of sp³-hybridized carbons (Fsp3) is 0.538. The van der Waals surface area contributed by atoms with Crippen molar-refractivity contribution in [2.75, 3.05) is 26.8 Å². The second kappa shape index (κ2) is 7.25. The number of aliphatic hydroxyl groups is 1. The fourth-order valence-corrected chi connectivity index (χ4v) is 1.72. The molecule has 0 fully saturated rings. The highest BCUT2D eigenvalue weighted by Crippen LogP contribution is 2.13. The second-order valence-corrected chi connectivity index (χ2v) is 3.85. The molecule has 3 heteroatoms. The molecular weight excluding hydrogens is 202 g/mol. The average Bonchev–Trinajstić information content (AvgIpc) is 2.31. The molecule has 0 atom stereocenters. The molecule has 3 nitrogen and oxygen atoms in total. The largest absolute Gasteiger partial charge is 0.497 e. The van der Waals surface area contributed by atoms with Gasteiger partial charge in [-0.3, -0.25) is 4.90 Å². The van der Waals surface area contributed by atoms with E-state index in [-0.39, 0.29) is 6.61 Å². The van der Waals surface area contributed by atoms with E-state index in [9.17, 15) is 0 Å². The van der Waals surface area contributed by atoms with Crippen LogP contribution in [0.15, 0.2) is 24.3 Å². The summed E-state index contributed by atoms with van der Waals surface area (Å²) < 4.78 is 5.12. The molecule has 0 saturated heterocycles. The van der Waals surface area contributed by atoms with Gasteiger partial charge in [-0.25, -0.2) is 0 Å². The van der Waals surface area contributed by atoms with E-state index in [4.69, 9.17) is 9.84 Å². The number of rotatable bonds is 7. The fourth-order valence-electron chi connectivity index (χ4n) is 1.72. The third-order valence-electron chi connectivity index (χ3n) is 2.52. The van der Waals surface area contributed by atoms with Gasteiger partial charge in [0.05, 0.1) is 13.7 Å². The molecule has 0 heterocycles. The van der Waals surface area contributed by atoms with E-state index in [2.05, 4.69) is 24.0 Å². The first-order valence-electron chi connectivity index (χ1n) is 5.76. The Kier molecular flexibility index (Phi) is 5.90. The lowest BCUT2D eigenvalue weighted by Gasteiger charge is -2.20. The van der Waals surface area contributed by atoms with Crippen molar-refractivity contribution >= 4 is 0 Å². The van der Waals surface area contributed by atoms with Crippen LogP contribution in [-0.4, -0.2) is 36.8 Å². The lowest BCUT2D eigenvalue weighted by molar-refractivity contribution is 0.190. The molecule has 0 aliphatic carbocycles. The maximum Gasteiger partial charge on any atom is 0.118 e. The number of nitrogens with zero attached hydrogens (tertiary/aromatic N) is 1. The van der Waals surface area contributed by atoms with Gasteiger partial charge in [0.1, 0.15) is 5.75 Å². The lowest BCUT2D eigenvalue weighted by Crippen LogP contribution is -2.27. The standard InChI is InChI=1S/C13H21NO2/c1-3-8-14(9-10-15)11-12-4-6-13(16-2)7-5-12/h4-7,15H,3,8-11H2,1-2H3. The number of benzene rings is 1. The van der Waals surface area contributed by atoms with Gasteiger partial charge in [0, 0.05) is 13.1 Å². The summed E-state index contributed by atoms with van der Waals surface area (Å²) in [6.45, 7) is 5.01. The van der Waals surface area contributed by atoms with Crippen LogP contribution >= 0.6 is 0 Å². The van der Waals surface area contributed by atoms with E-state index in [1.807, 2.05) is 12.1 Å². The minimum atomic E-state index is 0.218. The molecule has 0 aliphatic rings. The van der Waals surface area contributed by atoms with Crippen LogP contribution in [0.2, 0.25) is 0 Å². The zero-order valence-electron chi connectivity index (χ0n) is 10.1. The van der Waals surface area contributed by atoms with Crippen LogP contribution in [0.1, 0.15) is 18.9 Å². The van der Waals surface area contributed by atoms with E-state index >= 15 is 0 Å². The molecule has 16 heavy (non-hydrogen) atoms. The molecule has 1 rings (SSSR count). The van der Waals surface area contributed by atoms with Crippen LogP contribution in [-0.2, 0) is 6.54 Å². The Bertz CT molecular complexity index is 278. The Balaban J connectivity index is 2.54. The molecule has 1 aromatic rings. The van der Waals surface area contributed by atoms with Gasteiger partial charge in [0.2, 0.25) is 0 Å². The van der Waals surface area contributed by atoms with Gasteiger partial charge in [0.25, 0.3) is 0 Å². The minimum absolute atomic E-state index is 0.218. The number of methoxy groups -OCH3 is 1. The van der Waals surface area contributed by atoms with Crippen molar-refractivity contribution < 1.29 is 9.84 Å². The van der Waals surface area contributed by atoms with Gasteiger partial charge in [-0.1, -0.05) is 19.1 Å². The molecule has 1 aromatic carbocycles. The highest BCUT2D eigenvalue weighted by atomic mass is 16.5. The molecule has 1 N–H and O–H groups in total. The smallest absolute Gasteiger partial charge is 0.118 e. The lowest BCUT2D eigenvalue weighted by atomic mass is 10.2. The molecule has 0 unspecified atom stereocenters. The molecule has 0 aromatic heterocycles. The first kappa shape index (κ1) is 13.0. The quantitative estimate of drug-likeness (QED) is 0.766. The molecule has 0 bridgehead atoms. The first-order valence-corrected chi connectivity index (χ1v) is 5.76. The molecule has 0 saturated carbocycles. The van der Waals surface area contributed by atoms with Crippen molar-refractivity contribution in [1.29, 1.82) is 0 Å². The van der Waals surface area contributed by atoms with Crippen LogP contribution in [0.5, 0.6) is 5.75 Å². The van der Waals surface area contributed by atoms with Crippen LogP contribution < -0.4 is 4.74 Å². The summed E-state index contributed by atoms with van der Waals surface area (Å²) in [7, 11) is 1.67. The van der Waals surface area contributed by atoms with Crippen molar-refractivity contribution in [2.45, 2.75) is 19.9 Å². The van der Waals surface area contributed by atoms with Crippen LogP contribution in [0, 0.1) is 0 Å². The summed E-state index contributed by atoms with van der Waals surface area (Å²) in [4.78, 5) is 2.25. The van der Waals surface area contributed by atoms with Crippen molar-refractivity contribution in [3.8, 4) is 5.75 Å². The van der Waals surface area contributed by atoms with Gasteiger partial charge in [-0.05, 0) is 30.7 Å². The van der Waals surface area contributed by atoms with E-state index < -0.39 is 0 Å². The first-order chi connectivity index (χ1) is 7.80. The Morgan fingerprint density at radius 2 is 1.88 bits per heavy atom. The van der Waals surface area contributed by atoms with Gasteiger partial charge in [-0.15, -0.1) is 0 Å².